The Kier molecular flexibility index (Phi) is 7.78. The highest BCUT2D eigenvalue weighted by molar-refractivity contribution is 7.93. The molecule has 2 aromatic carbocycles. The van der Waals surface area contributed by atoms with Crippen LogP contribution in [0.1, 0.15) is 52.4 Å². The average molecular weight is 404 g/mol. The van der Waals surface area contributed by atoms with Crippen molar-refractivity contribution in [2.75, 3.05) is 0 Å². The van der Waals surface area contributed by atoms with Crippen LogP contribution in [-0.4, -0.2) is 24.3 Å². The predicted molar refractivity (Wildman–Crippen MR) is 111 cm³/mol. The minimum Gasteiger partial charge on any atom is -0.289 e. The van der Waals surface area contributed by atoms with Crippen molar-refractivity contribution < 1.29 is 18.4 Å². The average Bonchev–Trinajstić information content (AvgIpc) is 2.75. The molecule has 1 aliphatic carbocycles. The first-order chi connectivity index (χ1) is 13.4. The Hall–Kier alpha value is -2.18. The second kappa shape index (κ2) is 9.85. The highest BCUT2D eigenvalue weighted by atomic mass is 32.2. The monoisotopic (exact) mass is 403 g/mol. The van der Waals surface area contributed by atoms with E-state index >= 15 is 0 Å². The molecule has 0 aliphatic heterocycles. The summed E-state index contributed by atoms with van der Waals surface area (Å²) in [7, 11) is -3.91. The van der Waals surface area contributed by atoms with Crippen molar-refractivity contribution in [3.8, 4) is 11.1 Å². The number of hydroxylamine groups is 1. The molecule has 1 fully saturated rings. The third-order valence-corrected chi connectivity index (χ3v) is 7.48. The van der Waals surface area contributed by atoms with Crippen LogP contribution in [0, 0.1) is 0 Å². The number of hydrogen-bond acceptors (Lipinski definition) is 4. The SMILES string of the molecule is CCC.O=C(NO)C1(S(=O)(=O)c2ccc(-c3ccccc3)cc2)CCCCC1. The van der Waals surface area contributed by atoms with E-state index in [9.17, 15) is 13.2 Å². The molecular formula is C22H29NO4S. The summed E-state index contributed by atoms with van der Waals surface area (Å²) in [5.74, 6) is -0.834. The molecule has 152 valence electrons. The zero-order valence-corrected chi connectivity index (χ0v) is 17.3. The molecule has 0 heterocycles. The van der Waals surface area contributed by atoms with Gasteiger partial charge in [0.2, 0.25) is 0 Å². The zero-order valence-electron chi connectivity index (χ0n) is 16.5. The van der Waals surface area contributed by atoms with E-state index in [0.29, 0.717) is 12.8 Å². The second-order valence-electron chi connectivity index (χ2n) is 7.10. The molecule has 28 heavy (non-hydrogen) atoms. The highest BCUT2D eigenvalue weighted by Gasteiger charge is 2.51. The van der Waals surface area contributed by atoms with Crippen LogP contribution in [0.5, 0.6) is 0 Å². The molecule has 0 saturated heterocycles. The molecule has 3 rings (SSSR count). The largest absolute Gasteiger partial charge is 0.289 e. The van der Waals surface area contributed by atoms with Crippen LogP contribution in [0.3, 0.4) is 0 Å². The van der Waals surface area contributed by atoms with E-state index in [0.717, 1.165) is 17.5 Å². The molecular weight excluding hydrogens is 374 g/mol. The lowest BCUT2D eigenvalue weighted by Gasteiger charge is -2.34. The van der Waals surface area contributed by atoms with Gasteiger partial charge >= 0.3 is 0 Å². The molecule has 0 radical (unpaired) electrons. The van der Waals surface area contributed by atoms with Crippen LogP contribution in [0.4, 0.5) is 0 Å². The smallest absolute Gasteiger partial charge is 0.265 e. The standard InChI is InChI=1S/C19H21NO4S.C3H8/c21-18(20-22)19(13-5-2-6-14-19)25(23,24)17-11-9-16(10-12-17)15-7-3-1-4-8-15;1-3-2/h1,3-4,7-12,22H,2,5-6,13-14H2,(H,20,21);3H2,1-2H3. The number of sulfone groups is 1. The van der Waals surface area contributed by atoms with Crippen molar-refractivity contribution in [1.82, 2.24) is 5.48 Å². The number of carbonyl (C=O) groups is 1. The van der Waals surface area contributed by atoms with Crippen LogP contribution in [0.15, 0.2) is 59.5 Å². The summed E-state index contributed by atoms with van der Waals surface area (Å²) in [6.45, 7) is 4.25. The van der Waals surface area contributed by atoms with Crippen molar-refractivity contribution in [2.24, 2.45) is 0 Å². The molecule has 2 aromatic rings. The van der Waals surface area contributed by atoms with Crippen molar-refractivity contribution >= 4 is 15.7 Å². The van der Waals surface area contributed by atoms with Crippen molar-refractivity contribution in [3.63, 3.8) is 0 Å². The van der Waals surface area contributed by atoms with E-state index in [2.05, 4.69) is 13.8 Å². The van der Waals surface area contributed by atoms with Crippen molar-refractivity contribution in [1.29, 1.82) is 0 Å². The van der Waals surface area contributed by atoms with Gasteiger partial charge in [-0.15, -0.1) is 0 Å². The van der Waals surface area contributed by atoms with E-state index in [1.165, 1.54) is 6.42 Å². The number of benzene rings is 2. The minimum absolute atomic E-state index is 0.109. The van der Waals surface area contributed by atoms with E-state index < -0.39 is 20.5 Å². The molecule has 0 spiro atoms. The molecule has 6 heteroatoms. The summed E-state index contributed by atoms with van der Waals surface area (Å²) < 4.78 is 24.8. The fraction of sp³-hybridized carbons (Fsp3) is 0.409. The fourth-order valence-corrected chi connectivity index (χ4v) is 5.59. The summed E-state index contributed by atoms with van der Waals surface area (Å²) in [5.41, 5.74) is 3.47. The lowest BCUT2D eigenvalue weighted by atomic mass is 9.88. The number of amides is 1. The lowest BCUT2D eigenvalue weighted by Crippen LogP contribution is -2.52. The Bertz CT molecular complexity index is 855. The van der Waals surface area contributed by atoms with E-state index in [1.807, 2.05) is 30.3 Å². The second-order valence-corrected chi connectivity index (χ2v) is 9.36. The Morgan fingerprint density at radius 3 is 1.93 bits per heavy atom. The van der Waals surface area contributed by atoms with Crippen molar-refractivity contribution in [3.05, 3.63) is 54.6 Å². The Labute approximate surface area is 167 Å². The van der Waals surface area contributed by atoms with Gasteiger partial charge in [-0.05, 0) is 36.1 Å². The molecule has 5 nitrogen and oxygen atoms in total. The van der Waals surface area contributed by atoms with Gasteiger partial charge in [0.25, 0.3) is 5.91 Å². The zero-order chi connectivity index (χ0) is 20.6. The van der Waals surface area contributed by atoms with Gasteiger partial charge < -0.3 is 0 Å². The van der Waals surface area contributed by atoms with Gasteiger partial charge in [-0.1, -0.05) is 82.0 Å². The Morgan fingerprint density at radius 2 is 1.43 bits per heavy atom. The van der Waals surface area contributed by atoms with Gasteiger partial charge in [0.15, 0.2) is 14.6 Å². The molecule has 0 bridgehead atoms. The van der Waals surface area contributed by atoms with Gasteiger partial charge in [-0.3, -0.25) is 10.0 Å². The maximum absolute atomic E-state index is 13.2. The molecule has 0 atom stereocenters. The van der Waals surface area contributed by atoms with Gasteiger partial charge in [-0.25, -0.2) is 13.9 Å². The number of carbonyl (C=O) groups excluding carboxylic acids is 1. The maximum atomic E-state index is 13.2. The van der Waals surface area contributed by atoms with Crippen LogP contribution in [-0.2, 0) is 14.6 Å². The molecule has 2 N–H and O–H groups in total. The van der Waals surface area contributed by atoms with E-state index in [-0.39, 0.29) is 17.7 Å². The summed E-state index contributed by atoms with van der Waals surface area (Å²) >= 11 is 0. The van der Waals surface area contributed by atoms with E-state index in [4.69, 9.17) is 5.21 Å². The van der Waals surface area contributed by atoms with Crippen LogP contribution in [0.25, 0.3) is 11.1 Å². The lowest BCUT2D eigenvalue weighted by molar-refractivity contribution is -0.132. The first-order valence-electron chi connectivity index (χ1n) is 9.77. The number of hydrogen-bond donors (Lipinski definition) is 2. The van der Waals surface area contributed by atoms with Crippen molar-refractivity contribution in [2.45, 2.75) is 62.0 Å². The Morgan fingerprint density at radius 1 is 0.929 bits per heavy atom. The van der Waals surface area contributed by atoms with Crippen LogP contribution < -0.4 is 5.48 Å². The summed E-state index contributed by atoms with van der Waals surface area (Å²) in [6, 6.07) is 16.2. The fourth-order valence-electron chi connectivity index (χ4n) is 3.53. The highest BCUT2D eigenvalue weighted by Crippen LogP contribution is 2.39. The minimum atomic E-state index is -3.91. The van der Waals surface area contributed by atoms with Crippen LogP contribution in [0.2, 0.25) is 0 Å². The summed E-state index contributed by atoms with van der Waals surface area (Å²) in [6.07, 6.45) is 3.89. The Balaban J connectivity index is 0.000000878. The topological polar surface area (TPSA) is 83.5 Å². The van der Waals surface area contributed by atoms with Gasteiger partial charge in [0.05, 0.1) is 4.90 Å². The number of nitrogens with one attached hydrogen (secondary N) is 1. The van der Waals surface area contributed by atoms with Gasteiger partial charge in [0, 0.05) is 0 Å². The quantitative estimate of drug-likeness (QED) is 0.570. The van der Waals surface area contributed by atoms with Gasteiger partial charge in [0.1, 0.15) is 0 Å². The van der Waals surface area contributed by atoms with Crippen LogP contribution >= 0.6 is 0 Å². The predicted octanol–water partition coefficient (Wildman–Crippen LogP) is 4.75. The molecule has 1 amide bonds. The summed E-state index contributed by atoms with van der Waals surface area (Å²) in [5, 5.41) is 9.09. The maximum Gasteiger partial charge on any atom is 0.265 e. The van der Waals surface area contributed by atoms with E-state index in [1.54, 1.807) is 29.7 Å². The molecule has 0 unspecified atom stereocenters. The first kappa shape index (κ1) is 22.1. The molecule has 0 aromatic heterocycles. The third-order valence-electron chi connectivity index (χ3n) is 4.96. The summed E-state index contributed by atoms with van der Waals surface area (Å²) in [4.78, 5) is 12.4. The van der Waals surface area contributed by atoms with Gasteiger partial charge in [-0.2, -0.15) is 0 Å². The normalized spacial score (nSPS) is 15.8. The first-order valence-corrected chi connectivity index (χ1v) is 11.3. The molecule has 1 aliphatic rings. The molecule has 1 saturated carbocycles. The third kappa shape index (κ3) is 4.45. The number of rotatable bonds is 4.